The summed E-state index contributed by atoms with van der Waals surface area (Å²) >= 11 is 5.22. The fraction of sp³-hybridized carbons (Fsp3) is 0.417. The highest BCUT2D eigenvalue weighted by Gasteiger charge is 1.99. The third-order valence-electron chi connectivity index (χ3n) is 1.93. The zero-order valence-corrected chi connectivity index (χ0v) is 9.60. The molecule has 0 amide bonds. The van der Waals surface area contributed by atoms with Gasteiger partial charge in [0.05, 0.1) is 4.99 Å². The molecule has 0 bridgehead atoms. The van der Waals surface area contributed by atoms with Crippen molar-refractivity contribution in [3.05, 3.63) is 35.9 Å². The minimum absolute atomic E-state index is 0.443. The van der Waals surface area contributed by atoms with E-state index in [1.54, 1.807) is 0 Å². The van der Waals surface area contributed by atoms with Crippen LogP contribution in [0.25, 0.3) is 0 Å². The molecule has 0 radical (unpaired) electrons. The van der Waals surface area contributed by atoms with Crippen molar-refractivity contribution in [1.29, 1.82) is 0 Å². The molecule has 0 aliphatic heterocycles. The maximum absolute atomic E-state index is 5.22. The lowest BCUT2D eigenvalue weighted by Gasteiger charge is -2.10. The number of hydrogen-bond donors (Lipinski definition) is 1. The second-order valence-corrected chi connectivity index (χ2v) is 4.20. The first kappa shape index (κ1) is 11.2. The summed E-state index contributed by atoms with van der Waals surface area (Å²) in [6.45, 7) is 4.21. The van der Waals surface area contributed by atoms with Gasteiger partial charge in [-0.3, -0.25) is 0 Å². The third-order valence-corrected chi connectivity index (χ3v) is 2.26. The molecule has 76 valence electrons. The highest BCUT2D eigenvalue weighted by atomic mass is 32.1. The minimum Gasteiger partial charge on any atom is -0.377 e. The van der Waals surface area contributed by atoms with Crippen LogP contribution in [0.2, 0.25) is 0 Å². The summed E-state index contributed by atoms with van der Waals surface area (Å²) in [4.78, 5) is 0.962. The Bertz CT molecular complexity index is 280. The normalized spacial score (nSPS) is 10.2. The molecule has 0 aliphatic rings. The van der Waals surface area contributed by atoms with Crippen LogP contribution in [0.4, 0.5) is 0 Å². The molecule has 0 aromatic heterocycles. The van der Waals surface area contributed by atoms with E-state index in [0.717, 1.165) is 17.8 Å². The Balaban J connectivity index is 2.31. The van der Waals surface area contributed by atoms with E-state index >= 15 is 0 Å². The second-order valence-electron chi connectivity index (χ2n) is 3.71. The van der Waals surface area contributed by atoms with E-state index in [4.69, 9.17) is 12.2 Å². The highest BCUT2D eigenvalue weighted by Crippen LogP contribution is 2.02. The first-order chi connectivity index (χ1) is 6.68. The predicted octanol–water partition coefficient (Wildman–Crippen LogP) is 2.94. The van der Waals surface area contributed by atoms with Gasteiger partial charge in [0.15, 0.2) is 0 Å². The zero-order valence-electron chi connectivity index (χ0n) is 8.79. The summed E-state index contributed by atoms with van der Waals surface area (Å²) in [5.74, 6) is 0. The van der Waals surface area contributed by atoms with Crippen LogP contribution in [0.5, 0.6) is 0 Å². The Morgan fingerprint density at radius 3 is 2.50 bits per heavy atom. The van der Waals surface area contributed by atoms with Gasteiger partial charge in [-0.1, -0.05) is 42.5 Å². The van der Waals surface area contributed by atoms with Crippen molar-refractivity contribution in [3.8, 4) is 0 Å². The van der Waals surface area contributed by atoms with Gasteiger partial charge in [0.25, 0.3) is 0 Å². The monoisotopic (exact) mass is 207 g/mol. The highest BCUT2D eigenvalue weighted by molar-refractivity contribution is 7.80. The molecule has 2 heteroatoms. The van der Waals surface area contributed by atoms with Crippen molar-refractivity contribution in [3.63, 3.8) is 0 Å². The molecule has 0 heterocycles. The Morgan fingerprint density at radius 2 is 1.93 bits per heavy atom. The summed E-state index contributed by atoms with van der Waals surface area (Å²) in [5.41, 5.74) is 1.35. The van der Waals surface area contributed by atoms with Gasteiger partial charge in [-0.25, -0.2) is 0 Å². The molecule has 0 atom stereocenters. The Labute approximate surface area is 91.5 Å². The van der Waals surface area contributed by atoms with Crippen LogP contribution in [0.3, 0.4) is 0 Å². The van der Waals surface area contributed by atoms with Gasteiger partial charge in [0, 0.05) is 12.5 Å². The quantitative estimate of drug-likeness (QED) is 0.762. The average molecular weight is 207 g/mol. The Kier molecular flexibility index (Phi) is 4.60. The van der Waals surface area contributed by atoms with Crippen molar-refractivity contribution in [2.24, 2.45) is 0 Å². The van der Waals surface area contributed by atoms with Gasteiger partial charge in [-0.15, -0.1) is 0 Å². The lowest BCUT2D eigenvalue weighted by molar-refractivity contribution is 0.727. The second kappa shape index (κ2) is 5.76. The van der Waals surface area contributed by atoms with E-state index in [9.17, 15) is 0 Å². The Morgan fingerprint density at radius 1 is 1.29 bits per heavy atom. The molecule has 1 nitrogen and oxygen atoms in total. The fourth-order valence-corrected chi connectivity index (χ4v) is 1.63. The molecule has 1 aromatic rings. The smallest absolute Gasteiger partial charge is 0.0758 e. The third kappa shape index (κ3) is 4.38. The van der Waals surface area contributed by atoms with E-state index < -0.39 is 0 Å². The lowest BCUT2D eigenvalue weighted by atomic mass is 10.1. The first-order valence-corrected chi connectivity index (χ1v) is 5.42. The zero-order chi connectivity index (χ0) is 10.4. The molecule has 0 saturated carbocycles. The van der Waals surface area contributed by atoms with E-state index in [2.05, 4.69) is 43.4 Å². The molecular weight excluding hydrogens is 190 g/mol. The lowest BCUT2D eigenvalue weighted by Crippen LogP contribution is -2.28. The van der Waals surface area contributed by atoms with Crippen LogP contribution in [0.15, 0.2) is 30.3 Å². The molecular formula is C12H17NS. The molecule has 0 fully saturated rings. The Hall–Kier alpha value is -0.890. The van der Waals surface area contributed by atoms with Crippen molar-refractivity contribution < 1.29 is 0 Å². The van der Waals surface area contributed by atoms with Crippen LogP contribution in [-0.2, 0) is 6.42 Å². The van der Waals surface area contributed by atoms with Crippen LogP contribution >= 0.6 is 12.2 Å². The molecule has 14 heavy (non-hydrogen) atoms. The minimum atomic E-state index is 0.443. The van der Waals surface area contributed by atoms with E-state index in [-0.39, 0.29) is 0 Å². The molecule has 0 aliphatic carbocycles. The van der Waals surface area contributed by atoms with Gasteiger partial charge < -0.3 is 5.32 Å². The molecule has 0 saturated heterocycles. The number of hydrogen-bond acceptors (Lipinski definition) is 1. The van der Waals surface area contributed by atoms with Gasteiger partial charge in [0.1, 0.15) is 0 Å². The summed E-state index contributed by atoms with van der Waals surface area (Å²) in [7, 11) is 0. The largest absolute Gasteiger partial charge is 0.377 e. The summed E-state index contributed by atoms with van der Waals surface area (Å²) in [5, 5.41) is 3.24. The van der Waals surface area contributed by atoms with Gasteiger partial charge in [0.2, 0.25) is 0 Å². The number of rotatable bonds is 4. The van der Waals surface area contributed by atoms with Crippen molar-refractivity contribution in [1.82, 2.24) is 5.32 Å². The van der Waals surface area contributed by atoms with Crippen LogP contribution < -0.4 is 5.32 Å². The number of aryl methyl sites for hydroxylation is 1. The predicted molar refractivity (Wildman–Crippen MR) is 65.6 cm³/mol. The number of nitrogens with one attached hydrogen (secondary N) is 1. The van der Waals surface area contributed by atoms with Crippen molar-refractivity contribution in [2.75, 3.05) is 0 Å². The van der Waals surface area contributed by atoms with E-state index in [1.807, 2.05) is 6.07 Å². The standard InChI is InChI=1S/C12H17NS/c1-10(2)13-12(14)9-8-11-6-4-3-5-7-11/h3-7,10H,8-9H2,1-2H3,(H,13,14). The average Bonchev–Trinajstić information content (AvgIpc) is 2.15. The topological polar surface area (TPSA) is 12.0 Å². The van der Waals surface area contributed by atoms with Crippen LogP contribution in [-0.4, -0.2) is 11.0 Å². The molecule has 1 aromatic carbocycles. The van der Waals surface area contributed by atoms with E-state index in [1.165, 1.54) is 5.56 Å². The SMILES string of the molecule is CC(C)NC(=S)CCc1ccccc1. The van der Waals surface area contributed by atoms with Gasteiger partial charge in [-0.2, -0.15) is 0 Å². The summed E-state index contributed by atoms with van der Waals surface area (Å²) in [6, 6.07) is 10.9. The number of thiocarbonyl (C=S) groups is 1. The van der Waals surface area contributed by atoms with Crippen molar-refractivity contribution in [2.45, 2.75) is 32.7 Å². The maximum atomic E-state index is 5.22. The summed E-state index contributed by atoms with van der Waals surface area (Å²) in [6.07, 6.45) is 1.97. The van der Waals surface area contributed by atoms with E-state index in [0.29, 0.717) is 6.04 Å². The summed E-state index contributed by atoms with van der Waals surface area (Å²) < 4.78 is 0. The maximum Gasteiger partial charge on any atom is 0.0758 e. The van der Waals surface area contributed by atoms with Crippen LogP contribution in [0.1, 0.15) is 25.8 Å². The van der Waals surface area contributed by atoms with Gasteiger partial charge in [-0.05, 0) is 25.8 Å². The molecule has 0 spiro atoms. The number of benzene rings is 1. The molecule has 0 unspecified atom stereocenters. The molecule has 1 rings (SSSR count). The first-order valence-electron chi connectivity index (χ1n) is 5.02. The molecule has 1 N–H and O–H groups in total. The fourth-order valence-electron chi connectivity index (χ4n) is 1.30. The van der Waals surface area contributed by atoms with Crippen molar-refractivity contribution >= 4 is 17.2 Å². The van der Waals surface area contributed by atoms with Gasteiger partial charge >= 0.3 is 0 Å². The van der Waals surface area contributed by atoms with Crippen LogP contribution in [0, 0.1) is 0 Å².